The monoisotopic (exact) mass is 430 g/mol. The summed E-state index contributed by atoms with van der Waals surface area (Å²) >= 11 is 0. The van der Waals surface area contributed by atoms with Crippen LogP contribution < -0.4 is 10.6 Å². The zero-order valence-electron chi connectivity index (χ0n) is 19.2. The Hall–Kier alpha value is -2.61. The smallest absolute Gasteiger partial charge is 0.356 e. The molecule has 1 aliphatic heterocycles. The van der Waals surface area contributed by atoms with E-state index in [-0.39, 0.29) is 24.0 Å². The molecule has 1 fully saturated rings. The molecule has 2 N–H and O–H groups in total. The minimum absolute atomic E-state index is 0.00293. The van der Waals surface area contributed by atoms with Gasteiger partial charge in [0.05, 0.1) is 37.3 Å². The van der Waals surface area contributed by atoms with Gasteiger partial charge in [0.1, 0.15) is 5.65 Å². The maximum atomic E-state index is 12.8. The maximum Gasteiger partial charge on any atom is 0.356 e. The number of nitrogens with one attached hydrogen (secondary N) is 2. The molecule has 3 rings (SSSR count). The molecule has 3 unspecified atom stereocenters. The lowest BCUT2D eigenvalue weighted by atomic mass is 10.1. The first kappa shape index (κ1) is 23.1. The predicted octanol–water partition coefficient (Wildman–Crippen LogP) is 4.20. The number of fused-ring (bicyclic) bond motifs is 1. The summed E-state index contributed by atoms with van der Waals surface area (Å²) in [6.45, 7) is 9.22. The third-order valence-electron chi connectivity index (χ3n) is 6.02. The number of ether oxygens (including phenoxy) is 2. The number of rotatable bonds is 9. The molecule has 8 nitrogen and oxygen atoms in total. The highest BCUT2D eigenvalue weighted by Crippen LogP contribution is 2.34. The molecule has 0 spiro atoms. The highest BCUT2D eigenvalue weighted by Gasteiger charge is 2.29. The van der Waals surface area contributed by atoms with Gasteiger partial charge in [0, 0.05) is 24.0 Å². The molecule has 1 saturated heterocycles. The summed E-state index contributed by atoms with van der Waals surface area (Å²) in [4.78, 5) is 30.3. The standard InChI is InChI=1S/C23H34N4O4/c1-6-14(3)22(28)26-19-18-11-16(25-15(4)7-2)12-24-21(18)27(20(19)23(29)30-5)13-17-9-8-10-31-17/h11-12,14-15,17,25H,6-10,13H2,1-5H3,(H,26,28). The van der Waals surface area contributed by atoms with Crippen LogP contribution >= 0.6 is 0 Å². The van der Waals surface area contributed by atoms with Gasteiger partial charge in [-0.05, 0) is 38.7 Å². The Morgan fingerprint density at radius 2 is 2.10 bits per heavy atom. The molecule has 0 aliphatic carbocycles. The van der Waals surface area contributed by atoms with Gasteiger partial charge in [-0.15, -0.1) is 0 Å². The van der Waals surface area contributed by atoms with E-state index in [1.807, 2.05) is 24.5 Å². The van der Waals surface area contributed by atoms with Gasteiger partial charge in [-0.3, -0.25) is 4.79 Å². The number of esters is 1. The average molecular weight is 431 g/mol. The van der Waals surface area contributed by atoms with Crippen LogP contribution in [0.4, 0.5) is 11.4 Å². The van der Waals surface area contributed by atoms with Crippen molar-refractivity contribution in [2.24, 2.45) is 5.92 Å². The highest BCUT2D eigenvalue weighted by atomic mass is 16.5. The number of carbonyl (C=O) groups excluding carboxylic acids is 2. The highest BCUT2D eigenvalue weighted by molar-refractivity contribution is 6.11. The van der Waals surface area contributed by atoms with Crippen molar-refractivity contribution < 1.29 is 19.1 Å². The van der Waals surface area contributed by atoms with Crippen LogP contribution in [0, 0.1) is 5.92 Å². The van der Waals surface area contributed by atoms with Gasteiger partial charge < -0.3 is 24.7 Å². The van der Waals surface area contributed by atoms with Gasteiger partial charge >= 0.3 is 5.97 Å². The number of pyridine rings is 1. The van der Waals surface area contributed by atoms with Gasteiger partial charge in [-0.2, -0.15) is 0 Å². The Labute approximate surface area is 183 Å². The van der Waals surface area contributed by atoms with Crippen LogP contribution in [0.25, 0.3) is 11.0 Å². The number of hydrogen-bond donors (Lipinski definition) is 2. The van der Waals surface area contributed by atoms with Crippen molar-refractivity contribution in [1.29, 1.82) is 0 Å². The maximum absolute atomic E-state index is 12.8. The van der Waals surface area contributed by atoms with Crippen molar-refractivity contribution in [3.63, 3.8) is 0 Å². The van der Waals surface area contributed by atoms with E-state index < -0.39 is 5.97 Å². The Morgan fingerprint density at radius 3 is 2.71 bits per heavy atom. The third kappa shape index (κ3) is 5.01. The molecule has 2 aromatic heterocycles. The minimum Gasteiger partial charge on any atom is -0.464 e. The van der Waals surface area contributed by atoms with Gasteiger partial charge in [0.25, 0.3) is 0 Å². The number of hydrogen-bond acceptors (Lipinski definition) is 6. The van der Waals surface area contributed by atoms with Gasteiger partial charge in [0.15, 0.2) is 5.69 Å². The van der Waals surface area contributed by atoms with E-state index in [1.54, 1.807) is 6.20 Å². The average Bonchev–Trinajstić information content (AvgIpc) is 3.39. The Bertz CT molecular complexity index is 933. The number of nitrogens with zero attached hydrogens (tertiary/aromatic N) is 2. The van der Waals surface area contributed by atoms with E-state index >= 15 is 0 Å². The van der Waals surface area contributed by atoms with E-state index in [0.717, 1.165) is 24.9 Å². The van der Waals surface area contributed by atoms with Crippen molar-refractivity contribution in [2.45, 2.75) is 72.1 Å². The quantitative estimate of drug-likeness (QED) is 0.579. The van der Waals surface area contributed by atoms with E-state index in [0.29, 0.717) is 42.0 Å². The fraction of sp³-hybridized carbons (Fsp3) is 0.609. The first-order chi connectivity index (χ1) is 14.9. The molecule has 0 aromatic carbocycles. The SMILES string of the molecule is CCC(C)Nc1cnc2c(c1)c(NC(=O)C(C)CC)c(C(=O)OC)n2CC1CCCO1. The molecule has 0 bridgehead atoms. The number of methoxy groups -OCH3 is 1. The number of amides is 1. The van der Waals surface area contributed by atoms with Crippen LogP contribution in [0.2, 0.25) is 0 Å². The molecule has 1 amide bonds. The summed E-state index contributed by atoms with van der Waals surface area (Å²) in [6, 6.07) is 2.21. The Kier molecular flexibility index (Phi) is 7.54. The van der Waals surface area contributed by atoms with Crippen LogP contribution in [0.1, 0.15) is 63.9 Å². The molecule has 0 saturated carbocycles. The fourth-order valence-corrected chi connectivity index (χ4v) is 3.73. The second kappa shape index (κ2) is 10.1. The molecule has 170 valence electrons. The zero-order chi connectivity index (χ0) is 22.5. The van der Waals surface area contributed by atoms with Crippen molar-refractivity contribution >= 4 is 34.3 Å². The zero-order valence-corrected chi connectivity index (χ0v) is 19.2. The molecular weight excluding hydrogens is 396 g/mol. The van der Waals surface area contributed by atoms with Crippen LogP contribution in [0.5, 0.6) is 0 Å². The molecule has 31 heavy (non-hydrogen) atoms. The lowest BCUT2D eigenvalue weighted by Gasteiger charge is -2.15. The normalized spacial score (nSPS) is 18.0. The van der Waals surface area contributed by atoms with Gasteiger partial charge in [0.2, 0.25) is 5.91 Å². The fourth-order valence-electron chi connectivity index (χ4n) is 3.73. The first-order valence-corrected chi connectivity index (χ1v) is 11.2. The van der Waals surface area contributed by atoms with Crippen LogP contribution in [0.15, 0.2) is 12.3 Å². The molecule has 8 heteroatoms. The minimum atomic E-state index is -0.508. The lowest BCUT2D eigenvalue weighted by Crippen LogP contribution is -2.23. The molecule has 1 aliphatic rings. The van der Waals surface area contributed by atoms with Crippen LogP contribution in [0.3, 0.4) is 0 Å². The largest absolute Gasteiger partial charge is 0.464 e. The predicted molar refractivity (Wildman–Crippen MR) is 122 cm³/mol. The van der Waals surface area contributed by atoms with Crippen molar-refractivity contribution in [3.8, 4) is 0 Å². The van der Waals surface area contributed by atoms with Gasteiger partial charge in [-0.25, -0.2) is 9.78 Å². The van der Waals surface area contributed by atoms with Crippen LogP contribution in [-0.2, 0) is 20.8 Å². The first-order valence-electron chi connectivity index (χ1n) is 11.2. The number of aromatic nitrogens is 2. The summed E-state index contributed by atoms with van der Waals surface area (Å²) in [7, 11) is 1.35. The number of anilines is 2. The summed E-state index contributed by atoms with van der Waals surface area (Å²) < 4.78 is 12.7. The topological polar surface area (TPSA) is 94.5 Å². The van der Waals surface area contributed by atoms with E-state index in [9.17, 15) is 9.59 Å². The summed E-state index contributed by atoms with van der Waals surface area (Å²) in [6.07, 6.45) is 5.34. The lowest BCUT2D eigenvalue weighted by molar-refractivity contribution is -0.119. The van der Waals surface area contributed by atoms with Crippen LogP contribution in [-0.4, -0.2) is 47.3 Å². The summed E-state index contributed by atoms with van der Waals surface area (Å²) in [5.74, 6) is -0.826. The third-order valence-corrected chi connectivity index (χ3v) is 6.02. The van der Waals surface area contributed by atoms with Crippen molar-refractivity contribution in [1.82, 2.24) is 9.55 Å². The van der Waals surface area contributed by atoms with Crippen molar-refractivity contribution in [2.75, 3.05) is 24.4 Å². The van der Waals surface area contributed by atoms with E-state index in [1.165, 1.54) is 7.11 Å². The summed E-state index contributed by atoms with van der Waals surface area (Å²) in [5.41, 5.74) is 2.22. The Morgan fingerprint density at radius 1 is 1.32 bits per heavy atom. The number of carbonyl (C=O) groups is 2. The molecular formula is C23H34N4O4. The second-order valence-electron chi connectivity index (χ2n) is 8.31. The molecule has 2 aromatic rings. The molecule has 3 atom stereocenters. The van der Waals surface area contributed by atoms with E-state index in [4.69, 9.17) is 9.47 Å². The Balaban J connectivity index is 2.16. The van der Waals surface area contributed by atoms with Gasteiger partial charge in [-0.1, -0.05) is 20.8 Å². The molecule has 0 radical (unpaired) electrons. The summed E-state index contributed by atoms with van der Waals surface area (Å²) in [5, 5.41) is 7.12. The molecule has 3 heterocycles. The second-order valence-corrected chi connectivity index (χ2v) is 8.31. The van der Waals surface area contributed by atoms with E-state index in [2.05, 4.69) is 29.5 Å². The van der Waals surface area contributed by atoms with Crippen molar-refractivity contribution in [3.05, 3.63) is 18.0 Å².